The van der Waals surface area contributed by atoms with E-state index < -0.39 is 0 Å². The number of ether oxygens (including phenoxy) is 1. The average molecular weight is 509 g/mol. The maximum Gasteiger partial charge on any atom is 0.190 e. The van der Waals surface area contributed by atoms with Crippen LogP contribution in [-0.4, -0.2) is 63.8 Å². The van der Waals surface area contributed by atoms with Crippen LogP contribution in [0.5, 0.6) is 0 Å². The number of aliphatic imine (C=N–C) groups is 1. The second-order valence-electron chi connectivity index (χ2n) is 8.47. The Morgan fingerprint density at radius 2 is 1.75 bits per heavy atom. The largest absolute Gasteiger partial charge is 0.382 e. The fourth-order valence-corrected chi connectivity index (χ4v) is 4.59. The van der Waals surface area contributed by atoms with Crippen molar-refractivity contribution in [3.05, 3.63) is 0 Å². The van der Waals surface area contributed by atoms with Gasteiger partial charge in [0.25, 0.3) is 0 Å². The van der Waals surface area contributed by atoms with Crippen molar-refractivity contribution < 1.29 is 4.74 Å². The molecule has 2 rings (SSSR count). The van der Waals surface area contributed by atoms with Crippen molar-refractivity contribution in [2.75, 3.05) is 53.0 Å². The lowest BCUT2D eigenvalue weighted by atomic mass is 9.83. The monoisotopic (exact) mass is 508 g/mol. The normalized spacial score (nSPS) is 20.0. The Labute approximate surface area is 190 Å². The summed E-state index contributed by atoms with van der Waals surface area (Å²) in [6.07, 6.45) is 14.6. The standard InChI is InChI=1S/C22H44N4O.HI/c1-3-27-19-14-22(12-6-7-13-22)20-25-21(23-2)24-15-8-4-9-16-26-17-10-5-11-18-26;/h3-20H2,1-2H3,(H2,23,24,25);1H. The minimum atomic E-state index is 0. The zero-order chi connectivity index (χ0) is 19.2. The molecule has 0 aromatic carbocycles. The summed E-state index contributed by atoms with van der Waals surface area (Å²) in [4.78, 5) is 7.06. The summed E-state index contributed by atoms with van der Waals surface area (Å²) in [6.45, 7) is 9.76. The van der Waals surface area contributed by atoms with E-state index in [-0.39, 0.29) is 24.0 Å². The van der Waals surface area contributed by atoms with E-state index in [0.717, 1.165) is 32.3 Å². The van der Waals surface area contributed by atoms with Crippen molar-refractivity contribution in [2.45, 2.75) is 77.6 Å². The third kappa shape index (κ3) is 10.1. The molecule has 1 aliphatic heterocycles. The Hall–Kier alpha value is -0.0800. The molecule has 28 heavy (non-hydrogen) atoms. The molecule has 1 aliphatic carbocycles. The number of halogens is 1. The first-order valence-electron chi connectivity index (χ1n) is 11.5. The number of rotatable bonds is 12. The van der Waals surface area contributed by atoms with Crippen LogP contribution in [0.15, 0.2) is 4.99 Å². The van der Waals surface area contributed by atoms with Gasteiger partial charge < -0.3 is 20.3 Å². The van der Waals surface area contributed by atoms with Gasteiger partial charge in [0, 0.05) is 33.4 Å². The summed E-state index contributed by atoms with van der Waals surface area (Å²) >= 11 is 0. The van der Waals surface area contributed by atoms with Crippen molar-refractivity contribution in [3.63, 3.8) is 0 Å². The Bertz CT molecular complexity index is 407. The number of nitrogens with zero attached hydrogens (tertiary/aromatic N) is 2. The average Bonchev–Trinajstić information content (AvgIpc) is 3.17. The number of hydrogen-bond acceptors (Lipinski definition) is 3. The Morgan fingerprint density at radius 3 is 2.43 bits per heavy atom. The molecule has 0 aromatic heterocycles. The summed E-state index contributed by atoms with van der Waals surface area (Å²) < 4.78 is 5.62. The highest BCUT2D eigenvalue weighted by atomic mass is 127. The predicted octanol–water partition coefficient (Wildman–Crippen LogP) is 4.41. The smallest absolute Gasteiger partial charge is 0.190 e. The SMILES string of the molecule is CCOCCC1(CNC(=NC)NCCCCCN2CCCCC2)CCCC1.I. The molecule has 1 saturated heterocycles. The molecule has 2 fully saturated rings. The summed E-state index contributed by atoms with van der Waals surface area (Å²) in [6, 6.07) is 0. The lowest BCUT2D eigenvalue weighted by Crippen LogP contribution is -2.43. The molecular weight excluding hydrogens is 463 g/mol. The Balaban J connectivity index is 0.00000392. The van der Waals surface area contributed by atoms with Gasteiger partial charge in [-0.25, -0.2) is 0 Å². The van der Waals surface area contributed by atoms with Crippen LogP contribution in [0.25, 0.3) is 0 Å². The van der Waals surface area contributed by atoms with E-state index in [4.69, 9.17) is 4.74 Å². The molecule has 166 valence electrons. The van der Waals surface area contributed by atoms with Gasteiger partial charge in [-0.3, -0.25) is 4.99 Å². The van der Waals surface area contributed by atoms with Crippen LogP contribution in [0, 0.1) is 5.41 Å². The van der Waals surface area contributed by atoms with Crippen molar-refractivity contribution in [2.24, 2.45) is 10.4 Å². The van der Waals surface area contributed by atoms with Crippen LogP contribution in [0.4, 0.5) is 0 Å². The molecule has 6 heteroatoms. The number of likely N-dealkylation sites (tertiary alicyclic amines) is 1. The van der Waals surface area contributed by atoms with Crippen LogP contribution in [0.2, 0.25) is 0 Å². The highest BCUT2D eigenvalue weighted by molar-refractivity contribution is 14.0. The summed E-state index contributed by atoms with van der Waals surface area (Å²) in [7, 11) is 1.88. The molecule has 0 atom stereocenters. The lowest BCUT2D eigenvalue weighted by molar-refractivity contribution is 0.105. The fraction of sp³-hybridized carbons (Fsp3) is 0.955. The number of nitrogens with one attached hydrogen (secondary N) is 2. The van der Waals surface area contributed by atoms with Crippen molar-refractivity contribution in [1.29, 1.82) is 0 Å². The minimum absolute atomic E-state index is 0. The van der Waals surface area contributed by atoms with Gasteiger partial charge in [-0.15, -0.1) is 24.0 Å². The predicted molar refractivity (Wildman–Crippen MR) is 131 cm³/mol. The lowest BCUT2D eigenvalue weighted by Gasteiger charge is -2.30. The van der Waals surface area contributed by atoms with Crippen LogP contribution in [0.3, 0.4) is 0 Å². The number of hydrogen-bond donors (Lipinski definition) is 2. The van der Waals surface area contributed by atoms with Gasteiger partial charge in [0.05, 0.1) is 0 Å². The van der Waals surface area contributed by atoms with E-state index in [1.165, 1.54) is 90.3 Å². The number of guanidine groups is 1. The third-order valence-electron chi connectivity index (χ3n) is 6.39. The quantitative estimate of drug-likeness (QED) is 0.178. The molecule has 0 unspecified atom stereocenters. The molecule has 5 nitrogen and oxygen atoms in total. The second-order valence-corrected chi connectivity index (χ2v) is 8.47. The molecule has 2 N–H and O–H groups in total. The van der Waals surface area contributed by atoms with E-state index in [9.17, 15) is 0 Å². The van der Waals surface area contributed by atoms with Crippen LogP contribution < -0.4 is 10.6 Å². The van der Waals surface area contributed by atoms with E-state index in [1.807, 2.05) is 7.05 Å². The molecule has 0 amide bonds. The van der Waals surface area contributed by atoms with E-state index in [0.29, 0.717) is 5.41 Å². The van der Waals surface area contributed by atoms with Gasteiger partial charge >= 0.3 is 0 Å². The zero-order valence-corrected chi connectivity index (χ0v) is 20.8. The van der Waals surface area contributed by atoms with E-state index in [2.05, 4.69) is 27.4 Å². The van der Waals surface area contributed by atoms with Gasteiger partial charge in [0.15, 0.2) is 5.96 Å². The topological polar surface area (TPSA) is 48.9 Å². The summed E-state index contributed by atoms with van der Waals surface area (Å²) in [5.41, 5.74) is 0.404. The Morgan fingerprint density at radius 1 is 1.00 bits per heavy atom. The molecule has 0 spiro atoms. The molecule has 0 bridgehead atoms. The molecule has 1 saturated carbocycles. The molecule has 0 aromatic rings. The number of piperidine rings is 1. The maximum absolute atomic E-state index is 5.62. The first-order chi connectivity index (χ1) is 13.3. The van der Waals surface area contributed by atoms with Gasteiger partial charge in [-0.05, 0) is 76.9 Å². The van der Waals surface area contributed by atoms with E-state index >= 15 is 0 Å². The van der Waals surface area contributed by atoms with Gasteiger partial charge in [0.1, 0.15) is 0 Å². The van der Waals surface area contributed by atoms with E-state index in [1.54, 1.807) is 0 Å². The minimum Gasteiger partial charge on any atom is -0.382 e. The van der Waals surface area contributed by atoms with Crippen LogP contribution in [-0.2, 0) is 4.74 Å². The van der Waals surface area contributed by atoms with Gasteiger partial charge in [-0.2, -0.15) is 0 Å². The first-order valence-corrected chi connectivity index (χ1v) is 11.5. The highest BCUT2D eigenvalue weighted by Gasteiger charge is 2.33. The summed E-state index contributed by atoms with van der Waals surface area (Å²) in [5.74, 6) is 0.966. The maximum atomic E-state index is 5.62. The van der Waals surface area contributed by atoms with Crippen LogP contribution >= 0.6 is 24.0 Å². The second kappa shape index (κ2) is 15.7. The Kier molecular flexibility index (Phi) is 14.6. The van der Waals surface area contributed by atoms with Crippen molar-refractivity contribution >= 4 is 29.9 Å². The molecule has 0 radical (unpaired) electrons. The summed E-state index contributed by atoms with van der Waals surface area (Å²) in [5, 5.41) is 7.11. The zero-order valence-electron chi connectivity index (χ0n) is 18.4. The van der Waals surface area contributed by atoms with Gasteiger partial charge in [-0.1, -0.05) is 25.7 Å². The highest BCUT2D eigenvalue weighted by Crippen LogP contribution is 2.40. The fourth-order valence-electron chi connectivity index (χ4n) is 4.59. The van der Waals surface area contributed by atoms with Crippen molar-refractivity contribution in [1.82, 2.24) is 15.5 Å². The third-order valence-corrected chi connectivity index (χ3v) is 6.39. The molecule has 1 heterocycles. The van der Waals surface area contributed by atoms with Gasteiger partial charge in [0.2, 0.25) is 0 Å². The van der Waals surface area contributed by atoms with Crippen LogP contribution in [0.1, 0.15) is 77.6 Å². The van der Waals surface area contributed by atoms with Crippen molar-refractivity contribution in [3.8, 4) is 0 Å². The first kappa shape index (κ1) is 26.0. The number of unbranched alkanes of at least 4 members (excludes halogenated alkanes) is 2. The molecule has 2 aliphatic rings. The molecular formula is C22H45IN4O.